The van der Waals surface area contributed by atoms with Crippen molar-refractivity contribution in [1.82, 2.24) is 0 Å². The lowest BCUT2D eigenvalue weighted by atomic mass is 10.1. The number of benzene rings is 1. The minimum Gasteiger partial charge on any atom is -0.354 e. The maximum absolute atomic E-state index is 5.46. The smallest absolute Gasteiger partial charge is 0.0999 e. The summed E-state index contributed by atoms with van der Waals surface area (Å²) in [5, 5.41) is 0. The first-order chi connectivity index (χ1) is 5.38. The van der Waals surface area contributed by atoms with E-state index in [4.69, 9.17) is 5.73 Å². The Hall–Kier alpha value is -0.860. The Kier molecular flexibility index (Phi) is 3.08. The maximum Gasteiger partial charge on any atom is 0.0999 e. The molecule has 5 N–H and O–H groups in total. The van der Waals surface area contributed by atoms with Gasteiger partial charge in [-0.25, -0.2) is 0 Å². The summed E-state index contributed by atoms with van der Waals surface area (Å²) in [6, 6.07) is 8.32. The maximum atomic E-state index is 5.46. The van der Waals surface area contributed by atoms with Gasteiger partial charge in [-0.05, 0) is 18.5 Å². The van der Waals surface area contributed by atoms with Crippen molar-refractivity contribution in [2.45, 2.75) is 13.0 Å². The molecule has 0 saturated carbocycles. The standard InChI is InChI=1S/C9H14N2/c10-6-5-8-3-1-2-4-9(8)7-11/h1-4H,5-7,10-11H2/p+1. The van der Waals surface area contributed by atoms with Crippen LogP contribution in [0.5, 0.6) is 0 Å². The fraction of sp³-hybridized carbons (Fsp3) is 0.333. The molecule has 0 amide bonds. The zero-order valence-corrected chi connectivity index (χ0v) is 6.72. The van der Waals surface area contributed by atoms with E-state index in [2.05, 4.69) is 17.9 Å². The number of quaternary nitrogens is 1. The van der Waals surface area contributed by atoms with E-state index in [1.807, 2.05) is 12.1 Å². The van der Waals surface area contributed by atoms with E-state index >= 15 is 0 Å². The molecule has 0 aliphatic carbocycles. The Balaban J connectivity index is 2.83. The van der Waals surface area contributed by atoms with Gasteiger partial charge in [-0.2, -0.15) is 0 Å². The van der Waals surface area contributed by atoms with Gasteiger partial charge in [0.05, 0.1) is 6.54 Å². The predicted molar refractivity (Wildman–Crippen MR) is 45.8 cm³/mol. The van der Waals surface area contributed by atoms with Gasteiger partial charge in [0, 0.05) is 5.56 Å². The SMILES string of the molecule is NCCc1ccccc1C[NH3+]. The van der Waals surface area contributed by atoms with Gasteiger partial charge in [0.1, 0.15) is 0 Å². The minimum atomic E-state index is 0.719. The molecule has 0 bridgehead atoms. The lowest BCUT2D eigenvalue weighted by Crippen LogP contribution is -2.47. The Morgan fingerprint density at radius 1 is 1.18 bits per heavy atom. The van der Waals surface area contributed by atoms with Crippen LogP contribution < -0.4 is 11.5 Å². The molecule has 0 saturated heterocycles. The van der Waals surface area contributed by atoms with E-state index < -0.39 is 0 Å². The van der Waals surface area contributed by atoms with Gasteiger partial charge >= 0.3 is 0 Å². The van der Waals surface area contributed by atoms with E-state index in [1.54, 1.807) is 0 Å². The summed E-state index contributed by atoms with van der Waals surface area (Å²) < 4.78 is 0. The van der Waals surface area contributed by atoms with Gasteiger partial charge in [0.25, 0.3) is 0 Å². The second kappa shape index (κ2) is 4.11. The van der Waals surface area contributed by atoms with Gasteiger partial charge in [-0.15, -0.1) is 0 Å². The zero-order valence-electron chi connectivity index (χ0n) is 6.72. The van der Waals surface area contributed by atoms with E-state index in [0.717, 1.165) is 19.5 Å². The average molecular weight is 151 g/mol. The molecule has 0 aliphatic rings. The molecule has 2 nitrogen and oxygen atoms in total. The van der Waals surface area contributed by atoms with E-state index in [-0.39, 0.29) is 0 Å². The summed E-state index contributed by atoms with van der Waals surface area (Å²) in [7, 11) is 0. The molecule has 0 aliphatic heterocycles. The fourth-order valence-corrected chi connectivity index (χ4v) is 1.20. The van der Waals surface area contributed by atoms with Crippen molar-refractivity contribution in [3.8, 4) is 0 Å². The van der Waals surface area contributed by atoms with Crippen LogP contribution in [0.25, 0.3) is 0 Å². The average Bonchev–Trinajstić information content (AvgIpc) is 2.06. The normalized spacial score (nSPS) is 10.0. The number of nitrogens with two attached hydrogens (primary N) is 1. The van der Waals surface area contributed by atoms with Crippen LogP contribution in [0.15, 0.2) is 24.3 Å². The van der Waals surface area contributed by atoms with Gasteiger partial charge < -0.3 is 11.5 Å². The van der Waals surface area contributed by atoms with Gasteiger partial charge in [0.2, 0.25) is 0 Å². The molecule has 60 valence electrons. The van der Waals surface area contributed by atoms with Crippen molar-refractivity contribution in [3.05, 3.63) is 35.4 Å². The molecule has 1 aromatic rings. The highest BCUT2D eigenvalue weighted by Gasteiger charge is 1.98. The van der Waals surface area contributed by atoms with Crippen molar-refractivity contribution < 1.29 is 5.73 Å². The molecule has 11 heavy (non-hydrogen) atoms. The van der Waals surface area contributed by atoms with Crippen LogP contribution >= 0.6 is 0 Å². The first-order valence-corrected chi connectivity index (χ1v) is 3.94. The van der Waals surface area contributed by atoms with Crippen LogP contribution in [0.1, 0.15) is 11.1 Å². The van der Waals surface area contributed by atoms with Crippen LogP contribution in [-0.2, 0) is 13.0 Å². The molecular weight excluding hydrogens is 136 g/mol. The molecule has 0 heterocycles. The highest BCUT2D eigenvalue weighted by atomic mass is 14.5. The Morgan fingerprint density at radius 2 is 1.82 bits per heavy atom. The summed E-state index contributed by atoms with van der Waals surface area (Å²) in [5.41, 5.74) is 12.0. The summed E-state index contributed by atoms with van der Waals surface area (Å²) in [5.74, 6) is 0. The number of rotatable bonds is 3. The lowest BCUT2D eigenvalue weighted by Gasteiger charge is -2.02. The zero-order chi connectivity index (χ0) is 8.10. The first kappa shape index (κ1) is 8.24. The highest BCUT2D eigenvalue weighted by Crippen LogP contribution is 2.06. The predicted octanol–water partition coefficient (Wildman–Crippen LogP) is -0.0703. The third-order valence-electron chi connectivity index (χ3n) is 1.80. The van der Waals surface area contributed by atoms with Crippen LogP contribution in [0.3, 0.4) is 0 Å². The second-order valence-corrected chi connectivity index (χ2v) is 2.56. The van der Waals surface area contributed by atoms with Crippen molar-refractivity contribution in [2.75, 3.05) is 6.54 Å². The quantitative estimate of drug-likeness (QED) is 0.624. The molecular formula is C9H15N2+. The summed E-state index contributed by atoms with van der Waals surface area (Å²) in [6.45, 7) is 1.58. The fourth-order valence-electron chi connectivity index (χ4n) is 1.20. The molecule has 0 spiro atoms. The second-order valence-electron chi connectivity index (χ2n) is 2.56. The summed E-state index contributed by atoms with van der Waals surface area (Å²) in [4.78, 5) is 0. The molecule has 2 heteroatoms. The summed E-state index contributed by atoms with van der Waals surface area (Å²) >= 11 is 0. The summed E-state index contributed by atoms with van der Waals surface area (Å²) in [6.07, 6.45) is 0.964. The van der Waals surface area contributed by atoms with Gasteiger partial charge in [0.15, 0.2) is 0 Å². The van der Waals surface area contributed by atoms with E-state index in [9.17, 15) is 0 Å². The van der Waals surface area contributed by atoms with Gasteiger partial charge in [-0.1, -0.05) is 24.3 Å². The van der Waals surface area contributed by atoms with Gasteiger partial charge in [-0.3, -0.25) is 0 Å². The monoisotopic (exact) mass is 151 g/mol. The third kappa shape index (κ3) is 2.03. The Bertz CT molecular complexity index is 221. The molecule has 1 rings (SSSR count). The van der Waals surface area contributed by atoms with Crippen molar-refractivity contribution in [2.24, 2.45) is 5.73 Å². The van der Waals surface area contributed by atoms with Crippen molar-refractivity contribution in [3.63, 3.8) is 0 Å². The van der Waals surface area contributed by atoms with E-state index in [0.29, 0.717) is 0 Å². The third-order valence-corrected chi connectivity index (χ3v) is 1.80. The minimum absolute atomic E-state index is 0.719. The first-order valence-electron chi connectivity index (χ1n) is 3.94. The van der Waals surface area contributed by atoms with E-state index in [1.165, 1.54) is 11.1 Å². The Labute approximate surface area is 67.2 Å². The van der Waals surface area contributed by atoms with Crippen LogP contribution in [0.4, 0.5) is 0 Å². The Morgan fingerprint density at radius 3 is 2.36 bits per heavy atom. The van der Waals surface area contributed by atoms with Crippen molar-refractivity contribution >= 4 is 0 Å². The molecule has 0 radical (unpaired) electrons. The van der Waals surface area contributed by atoms with Crippen LogP contribution in [0.2, 0.25) is 0 Å². The highest BCUT2D eigenvalue weighted by molar-refractivity contribution is 5.26. The molecule has 0 aromatic heterocycles. The molecule has 0 unspecified atom stereocenters. The van der Waals surface area contributed by atoms with Crippen LogP contribution in [0, 0.1) is 0 Å². The number of hydrogen-bond donors (Lipinski definition) is 2. The number of hydrogen-bond acceptors (Lipinski definition) is 1. The van der Waals surface area contributed by atoms with Crippen LogP contribution in [-0.4, -0.2) is 6.54 Å². The van der Waals surface area contributed by atoms with Crippen molar-refractivity contribution in [1.29, 1.82) is 0 Å². The molecule has 0 atom stereocenters. The topological polar surface area (TPSA) is 53.7 Å². The lowest BCUT2D eigenvalue weighted by molar-refractivity contribution is -0.386. The largest absolute Gasteiger partial charge is 0.354 e. The molecule has 1 aromatic carbocycles. The molecule has 0 fully saturated rings.